The van der Waals surface area contributed by atoms with Gasteiger partial charge < -0.3 is 5.11 Å². The molecule has 1 heterocycles. The van der Waals surface area contributed by atoms with Crippen LogP contribution in [0.15, 0.2) is 69.1 Å². The number of aliphatic hydroxyl groups excluding tert-OH is 1. The summed E-state index contributed by atoms with van der Waals surface area (Å²) in [5, 5.41) is 10.9. The molecule has 3 nitrogen and oxygen atoms in total. The molecule has 128 valence electrons. The van der Waals surface area contributed by atoms with E-state index in [0.29, 0.717) is 5.56 Å². The van der Waals surface area contributed by atoms with Gasteiger partial charge in [-0.05, 0) is 46.8 Å². The normalized spacial score (nSPS) is 11.9. The Hall–Kier alpha value is -2.28. The minimum absolute atomic E-state index is 0.171. The van der Waals surface area contributed by atoms with Crippen LogP contribution in [0.3, 0.4) is 0 Å². The average molecular weight is 374 g/mol. The average Bonchev–Trinajstić information content (AvgIpc) is 3.11. The van der Waals surface area contributed by atoms with Gasteiger partial charge in [0.2, 0.25) is 9.84 Å². The second-order valence-electron chi connectivity index (χ2n) is 5.35. The first-order valence-corrected chi connectivity index (χ1v) is 9.83. The Labute approximate surface area is 149 Å². The van der Waals surface area contributed by atoms with Crippen LogP contribution in [0.2, 0.25) is 0 Å². The van der Waals surface area contributed by atoms with Gasteiger partial charge in [0.1, 0.15) is 10.0 Å². The fourth-order valence-electron chi connectivity index (χ4n) is 2.31. The highest BCUT2D eigenvalue weighted by molar-refractivity contribution is 7.93. The number of rotatable bonds is 5. The van der Waals surface area contributed by atoms with Gasteiger partial charge in [0, 0.05) is 5.56 Å². The smallest absolute Gasteiger partial charge is 0.216 e. The molecule has 0 fully saturated rings. The zero-order valence-electron chi connectivity index (χ0n) is 13.1. The van der Waals surface area contributed by atoms with Crippen LogP contribution in [0.5, 0.6) is 0 Å². The van der Waals surface area contributed by atoms with Crippen molar-refractivity contribution in [2.45, 2.75) is 15.7 Å². The van der Waals surface area contributed by atoms with E-state index in [-0.39, 0.29) is 21.5 Å². The van der Waals surface area contributed by atoms with Gasteiger partial charge in [-0.25, -0.2) is 12.8 Å². The number of benzene rings is 2. The van der Waals surface area contributed by atoms with E-state index >= 15 is 0 Å². The predicted octanol–water partition coefficient (Wildman–Crippen LogP) is 4.38. The molecule has 0 aliphatic carbocycles. The van der Waals surface area contributed by atoms with Gasteiger partial charge in [-0.15, -0.1) is 11.3 Å². The molecule has 0 unspecified atom stereocenters. The Kier molecular flexibility index (Phi) is 5.13. The highest BCUT2D eigenvalue weighted by Gasteiger charge is 2.22. The molecule has 0 amide bonds. The van der Waals surface area contributed by atoms with E-state index in [1.54, 1.807) is 47.8 Å². The van der Waals surface area contributed by atoms with Crippen LogP contribution < -0.4 is 0 Å². The first-order chi connectivity index (χ1) is 12.0. The quantitative estimate of drug-likeness (QED) is 0.674. The molecule has 0 spiro atoms. The monoisotopic (exact) mass is 374 g/mol. The van der Waals surface area contributed by atoms with E-state index in [0.717, 1.165) is 22.5 Å². The summed E-state index contributed by atoms with van der Waals surface area (Å²) in [7, 11) is -3.63. The Morgan fingerprint density at radius 1 is 0.920 bits per heavy atom. The van der Waals surface area contributed by atoms with Crippen molar-refractivity contribution in [3.8, 4) is 0 Å². The predicted molar refractivity (Wildman–Crippen MR) is 97.5 cm³/mol. The molecule has 0 bridgehead atoms. The zero-order chi connectivity index (χ0) is 17.9. The topological polar surface area (TPSA) is 54.4 Å². The molecule has 0 aliphatic rings. The van der Waals surface area contributed by atoms with Crippen molar-refractivity contribution >= 4 is 33.3 Å². The summed E-state index contributed by atoms with van der Waals surface area (Å²) < 4.78 is 38.3. The number of aliphatic hydroxyl groups is 1. The Bertz CT molecular complexity index is 986. The molecule has 6 heteroatoms. The maximum absolute atomic E-state index is 12.9. The van der Waals surface area contributed by atoms with Crippen molar-refractivity contribution < 1.29 is 17.9 Å². The summed E-state index contributed by atoms with van der Waals surface area (Å²) >= 11 is 1.10. The van der Waals surface area contributed by atoms with Crippen molar-refractivity contribution in [3.05, 3.63) is 82.5 Å². The van der Waals surface area contributed by atoms with E-state index in [1.807, 2.05) is 12.2 Å². The molecule has 2 aromatic carbocycles. The molecule has 25 heavy (non-hydrogen) atoms. The molecule has 0 saturated heterocycles. The molecule has 0 radical (unpaired) electrons. The van der Waals surface area contributed by atoms with Crippen LogP contribution in [-0.2, 0) is 16.4 Å². The van der Waals surface area contributed by atoms with Crippen molar-refractivity contribution in [3.63, 3.8) is 0 Å². The molecule has 3 rings (SSSR count). The minimum Gasteiger partial charge on any atom is -0.392 e. The minimum atomic E-state index is -3.63. The maximum atomic E-state index is 12.9. The first-order valence-electron chi connectivity index (χ1n) is 7.47. The molecule has 0 saturated carbocycles. The van der Waals surface area contributed by atoms with E-state index in [2.05, 4.69) is 0 Å². The van der Waals surface area contributed by atoms with Gasteiger partial charge in [0.25, 0.3) is 0 Å². The van der Waals surface area contributed by atoms with Gasteiger partial charge in [-0.3, -0.25) is 0 Å². The third-order valence-corrected chi connectivity index (χ3v) is 6.99. The van der Waals surface area contributed by atoms with Crippen LogP contribution in [0.1, 0.15) is 16.7 Å². The lowest BCUT2D eigenvalue weighted by atomic mass is 10.1. The van der Waals surface area contributed by atoms with Crippen LogP contribution >= 0.6 is 11.3 Å². The van der Waals surface area contributed by atoms with Gasteiger partial charge in [0.15, 0.2) is 0 Å². The van der Waals surface area contributed by atoms with Crippen molar-refractivity contribution in [2.75, 3.05) is 0 Å². The summed E-state index contributed by atoms with van der Waals surface area (Å²) in [6.07, 6.45) is 3.65. The van der Waals surface area contributed by atoms with Crippen LogP contribution in [0.25, 0.3) is 12.2 Å². The summed E-state index contributed by atoms with van der Waals surface area (Å²) in [6, 6.07) is 14.2. The fourth-order valence-corrected chi connectivity index (χ4v) is 5.09. The SMILES string of the molecule is O=S(=O)(c1ccc(C=Cc2ccc(F)cc2)cc1)c1sccc1CO. The third kappa shape index (κ3) is 3.87. The number of hydrogen-bond acceptors (Lipinski definition) is 4. The Balaban J connectivity index is 1.83. The molecule has 0 atom stereocenters. The van der Waals surface area contributed by atoms with Crippen LogP contribution in [0.4, 0.5) is 4.39 Å². The molecule has 1 N–H and O–H groups in total. The summed E-state index contributed by atoms with van der Waals surface area (Å²) in [5.74, 6) is -0.289. The first kappa shape index (κ1) is 17.5. The summed E-state index contributed by atoms with van der Waals surface area (Å²) in [4.78, 5) is 0.184. The lowest BCUT2D eigenvalue weighted by Gasteiger charge is -2.05. The number of sulfone groups is 1. The van der Waals surface area contributed by atoms with E-state index < -0.39 is 9.84 Å². The maximum Gasteiger partial charge on any atom is 0.216 e. The van der Waals surface area contributed by atoms with Gasteiger partial charge in [-0.1, -0.05) is 36.4 Å². The van der Waals surface area contributed by atoms with Crippen molar-refractivity contribution in [1.82, 2.24) is 0 Å². The largest absolute Gasteiger partial charge is 0.392 e. The summed E-state index contributed by atoms with van der Waals surface area (Å²) in [5.41, 5.74) is 2.09. The number of halogens is 1. The lowest BCUT2D eigenvalue weighted by Crippen LogP contribution is -2.02. The fraction of sp³-hybridized carbons (Fsp3) is 0.0526. The van der Waals surface area contributed by atoms with Crippen LogP contribution in [0, 0.1) is 5.82 Å². The zero-order valence-corrected chi connectivity index (χ0v) is 14.7. The van der Waals surface area contributed by atoms with E-state index in [4.69, 9.17) is 0 Å². The standard InChI is InChI=1S/C19H15FO3S2/c20-17-7-3-14(4-8-17)1-2-15-5-9-18(10-6-15)25(22,23)19-16(13-21)11-12-24-19/h1-12,21H,13H2. The molecule has 0 aliphatic heterocycles. The van der Waals surface area contributed by atoms with E-state index in [9.17, 15) is 17.9 Å². The van der Waals surface area contributed by atoms with Gasteiger partial charge in [0.05, 0.1) is 11.5 Å². The number of thiophene rings is 1. The van der Waals surface area contributed by atoms with Gasteiger partial charge in [-0.2, -0.15) is 0 Å². The molecular formula is C19H15FO3S2. The highest BCUT2D eigenvalue weighted by atomic mass is 32.2. The molecular weight excluding hydrogens is 359 g/mol. The lowest BCUT2D eigenvalue weighted by molar-refractivity contribution is 0.279. The Morgan fingerprint density at radius 2 is 1.48 bits per heavy atom. The second-order valence-corrected chi connectivity index (χ2v) is 8.41. The third-order valence-electron chi connectivity index (χ3n) is 3.65. The molecule has 1 aromatic heterocycles. The number of hydrogen-bond donors (Lipinski definition) is 1. The van der Waals surface area contributed by atoms with Gasteiger partial charge >= 0.3 is 0 Å². The molecule has 3 aromatic rings. The Morgan fingerprint density at radius 3 is 2.04 bits per heavy atom. The van der Waals surface area contributed by atoms with Crippen LogP contribution in [-0.4, -0.2) is 13.5 Å². The highest BCUT2D eigenvalue weighted by Crippen LogP contribution is 2.29. The second kappa shape index (κ2) is 7.31. The van der Waals surface area contributed by atoms with Crippen molar-refractivity contribution in [2.24, 2.45) is 0 Å². The van der Waals surface area contributed by atoms with E-state index in [1.165, 1.54) is 12.1 Å². The summed E-state index contributed by atoms with van der Waals surface area (Å²) in [6.45, 7) is -0.309. The van der Waals surface area contributed by atoms with Crippen molar-refractivity contribution in [1.29, 1.82) is 0 Å².